The molecule has 1 atom stereocenters. The molecule has 0 saturated carbocycles. The first-order chi connectivity index (χ1) is 13.6. The smallest absolute Gasteiger partial charge is 0.243 e. The molecule has 1 N–H and O–H groups in total. The normalized spacial score (nSPS) is 12.3. The van der Waals surface area contributed by atoms with Crippen molar-refractivity contribution in [1.29, 1.82) is 0 Å². The van der Waals surface area contributed by atoms with Crippen LogP contribution in [0.25, 0.3) is 0 Å². The predicted octanol–water partition coefficient (Wildman–Crippen LogP) is 4.91. The van der Waals surface area contributed by atoms with Crippen molar-refractivity contribution in [2.24, 2.45) is 0 Å². The molecule has 0 fully saturated rings. The molecule has 0 radical (unpaired) electrons. The summed E-state index contributed by atoms with van der Waals surface area (Å²) >= 11 is 5.96. The van der Waals surface area contributed by atoms with Gasteiger partial charge in [0.2, 0.25) is 11.8 Å². The topological polar surface area (TPSA) is 49.4 Å². The zero-order valence-corrected chi connectivity index (χ0v) is 18.7. The fourth-order valence-corrected chi connectivity index (χ4v) is 3.27. The standard InChI is InChI=1S/C24H31ClN2O2/c1-6-21(23(29)26-24(3,4)5)27(16-19-9-7-17(2)8-10-19)22(28)15-18-11-13-20(25)14-12-18/h7-14,21H,6,15-16H2,1-5H3,(H,26,29)/t21-/m0/s1. The molecular weight excluding hydrogens is 384 g/mol. The van der Waals surface area contributed by atoms with Gasteiger partial charge in [0, 0.05) is 17.1 Å². The minimum absolute atomic E-state index is 0.0798. The molecule has 2 amide bonds. The Morgan fingerprint density at radius 1 is 1.00 bits per heavy atom. The molecule has 0 heterocycles. The van der Waals surface area contributed by atoms with Crippen molar-refractivity contribution in [3.8, 4) is 0 Å². The second kappa shape index (κ2) is 9.93. The minimum atomic E-state index is -0.532. The summed E-state index contributed by atoms with van der Waals surface area (Å²) in [5, 5.41) is 3.65. The molecule has 5 heteroatoms. The van der Waals surface area contributed by atoms with Crippen molar-refractivity contribution in [2.75, 3.05) is 0 Å². The number of hydrogen-bond donors (Lipinski definition) is 1. The molecule has 0 aliphatic carbocycles. The molecule has 2 rings (SSSR count). The lowest BCUT2D eigenvalue weighted by Crippen LogP contribution is -2.53. The van der Waals surface area contributed by atoms with E-state index in [0.29, 0.717) is 18.0 Å². The second-order valence-corrected chi connectivity index (χ2v) is 8.91. The van der Waals surface area contributed by atoms with E-state index in [9.17, 15) is 9.59 Å². The molecule has 29 heavy (non-hydrogen) atoms. The Balaban J connectivity index is 2.29. The van der Waals surface area contributed by atoms with Gasteiger partial charge in [-0.25, -0.2) is 0 Å². The molecule has 4 nitrogen and oxygen atoms in total. The summed E-state index contributed by atoms with van der Waals surface area (Å²) in [6, 6.07) is 14.8. The average molecular weight is 415 g/mol. The summed E-state index contributed by atoms with van der Waals surface area (Å²) in [7, 11) is 0. The first-order valence-corrected chi connectivity index (χ1v) is 10.4. The van der Waals surface area contributed by atoms with Gasteiger partial charge in [-0.15, -0.1) is 0 Å². The van der Waals surface area contributed by atoms with E-state index in [1.165, 1.54) is 0 Å². The van der Waals surface area contributed by atoms with Crippen molar-refractivity contribution < 1.29 is 9.59 Å². The predicted molar refractivity (Wildman–Crippen MR) is 119 cm³/mol. The van der Waals surface area contributed by atoms with Crippen LogP contribution in [0.2, 0.25) is 5.02 Å². The maximum absolute atomic E-state index is 13.3. The zero-order chi connectivity index (χ0) is 21.6. The minimum Gasteiger partial charge on any atom is -0.350 e. The van der Waals surface area contributed by atoms with Crippen LogP contribution in [0.1, 0.15) is 50.8 Å². The highest BCUT2D eigenvalue weighted by atomic mass is 35.5. The van der Waals surface area contributed by atoms with Gasteiger partial charge in [0.05, 0.1) is 6.42 Å². The highest BCUT2D eigenvalue weighted by Gasteiger charge is 2.30. The van der Waals surface area contributed by atoms with E-state index >= 15 is 0 Å². The lowest BCUT2D eigenvalue weighted by molar-refractivity contribution is -0.141. The van der Waals surface area contributed by atoms with Crippen LogP contribution in [-0.2, 0) is 22.6 Å². The number of carbonyl (C=O) groups excluding carboxylic acids is 2. The van der Waals surface area contributed by atoms with E-state index in [-0.39, 0.29) is 23.8 Å². The SMILES string of the molecule is CC[C@@H](C(=O)NC(C)(C)C)N(Cc1ccc(C)cc1)C(=O)Cc1ccc(Cl)cc1. The van der Waals surface area contributed by atoms with Gasteiger partial charge >= 0.3 is 0 Å². The lowest BCUT2D eigenvalue weighted by atomic mass is 10.0. The number of rotatable bonds is 7. The number of halogens is 1. The van der Waals surface area contributed by atoms with E-state index in [0.717, 1.165) is 16.7 Å². The van der Waals surface area contributed by atoms with Gasteiger partial charge in [-0.2, -0.15) is 0 Å². The van der Waals surface area contributed by atoms with Gasteiger partial charge in [0.15, 0.2) is 0 Å². The molecular formula is C24H31ClN2O2. The Kier molecular flexibility index (Phi) is 7.86. The monoisotopic (exact) mass is 414 g/mol. The lowest BCUT2D eigenvalue weighted by Gasteiger charge is -2.33. The maximum atomic E-state index is 13.3. The number of carbonyl (C=O) groups is 2. The van der Waals surface area contributed by atoms with Crippen LogP contribution < -0.4 is 5.32 Å². The highest BCUT2D eigenvalue weighted by Crippen LogP contribution is 2.17. The van der Waals surface area contributed by atoms with E-state index in [1.807, 2.05) is 71.0 Å². The molecule has 0 aliphatic rings. The van der Waals surface area contributed by atoms with Crippen molar-refractivity contribution in [1.82, 2.24) is 10.2 Å². The van der Waals surface area contributed by atoms with Gasteiger partial charge < -0.3 is 10.2 Å². The number of aryl methyl sites for hydroxylation is 1. The third kappa shape index (κ3) is 7.21. The van der Waals surface area contributed by atoms with Crippen molar-refractivity contribution in [3.63, 3.8) is 0 Å². The number of benzene rings is 2. The van der Waals surface area contributed by atoms with Crippen LogP contribution in [0.4, 0.5) is 0 Å². The molecule has 0 spiro atoms. The summed E-state index contributed by atoms with van der Waals surface area (Å²) in [4.78, 5) is 27.9. The molecule has 156 valence electrons. The van der Waals surface area contributed by atoms with Gasteiger partial charge in [0.1, 0.15) is 6.04 Å². The quantitative estimate of drug-likeness (QED) is 0.699. The van der Waals surface area contributed by atoms with Gasteiger partial charge in [0.25, 0.3) is 0 Å². The van der Waals surface area contributed by atoms with Gasteiger partial charge in [-0.05, 0) is 57.4 Å². The number of nitrogens with one attached hydrogen (secondary N) is 1. The van der Waals surface area contributed by atoms with Gasteiger partial charge in [-0.3, -0.25) is 9.59 Å². The van der Waals surface area contributed by atoms with Crippen LogP contribution >= 0.6 is 11.6 Å². The Morgan fingerprint density at radius 3 is 2.07 bits per heavy atom. The fourth-order valence-electron chi connectivity index (χ4n) is 3.14. The first-order valence-electron chi connectivity index (χ1n) is 10.0. The Labute approximate surface area is 179 Å². The summed E-state index contributed by atoms with van der Waals surface area (Å²) in [5.41, 5.74) is 2.67. The largest absolute Gasteiger partial charge is 0.350 e. The molecule has 0 aromatic heterocycles. The first kappa shape index (κ1) is 23.0. The third-order valence-corrected chi connectivity index (χ3v) is 4.88. The third-order valence-electron chi connectivity index (χ3n) is 4.63. The number of amides is 2. The van der Waals surface area contributed by atoms with Crippen molar-refractivity contribution >= 4 is 23.4 Å². The number of nitrogens with zero attached hydrogens (tertiary/aromatic N) is 1. The average Bonchev–Trinajstić information content (AvgIpc) is 2.63. The van der Waals surface area contributed by atoms with Crippen molar-refractivity contribution in [2.45, 2.75) is 65.6 Å². The summed E-state index contributed by atoms with van der Waals surface area (Å²) in [6.07, 6.45) is 0.766. The van der Waals surface area contributed by atoms with Crippen LogP contribution in [0, 0.1) is 6.92 Å². The van der Waals surface area contributed by atoms with Gasteiger partial charge in [-0.1, -0.05) is 60.5 Å². The molecule has 0 bridgehead atoms. The molecule has 0 saturated heterocycles. The zero-order valence-electron chi connectivity index (χ0n) is 18.0. The van der Waals surface area contributed by atoms with Crippen LogP contribution in [0.5, 0.6) is 0 Å². The molecule has 0 unspecified atom stereocenters. The van der Waals surface area contributed by atoms with E-state index in [4.69, 9.17) is 11.6 Å². The Morgan fingerprint density at radius 2 is 1.55 bits per heavy atom. The Bertz CT molecular complexity index is 823. The molecule has 0 aliphatic heterocycles. The van der Waals surface area contributed by atoms with Crippen molar-refractivity contribution in [3.05, 3.63) is 70.2 Å². The summed E-state index contributed by atoms with van der Waals surface area (Å²) in [5.74, 6) is -0.208. The van der Waals surface area contributed by atoms with E-state index in [1.54, 1.807) is 17.0 Å². The fraction of sp³-hybridized carbons (Fsp3) is 0.417. The second-order valence-electron chi connectivity index (χ2n) is 8.47. The molecule has 2 aromatic carbocycles. The Hall–Kier alpha value is -2.33. The van der Waals surface area contributed by atoms with Crippen LogP contribution in [-0.4, -0.2) is 28.3 Å². The van der Waals surface area contributed by atoms with Crippen LogP contribution in [0.15, 0.2) is 48.5 Å². The highest BCUT2D eigenvalue weighted by molar-refractivity contribution is 6.30. The van der Waals surface area contributed by atoms with E-state index in [2.05, 4.69) is 5.32 Å². The number of hydrogen-bond acceptors (Lipinski definition) is 2. The maximum Gasteiger partial charge on any atom is 0.243 e. The summed E-state index contributed by atoms with van der Waals surface area (Å²) < 4.78 is 0. The van der Waals surface area contributed by atoms with Crippen LogP contribution in [0.3, 0.4) is 0 Å². The summed E-state index contributed by atoms with van der Waals surface area (Å²) in [6.45, 7) is 10.2. The van der Waals surface area contributed by atoms with E-state index < -0.39 is 6.04 Å². The molecule has 2 aromatic rings.